The van der Waals surface area contributed by atoms with Crippen molar-refractivity contribution >= 4 is 16.2 Å². The number of aliphatic hydroxyl groups is 1. The van der Waals surface area contributed by atoms with Crippen molar-refractivity contribution < 1.29 is 22.7 Å². The minimum atomic E-state index is -3.18. The third-order valence-corrected chi connectivity index (χ3v) is 7.72. The van der Waals surface area contributed by atoms with Crippen LogP contribution in [0.1, 0.15) is 77.1 Å². The Labute approximate surface area is 232 Å². The van der Waals surface area contributed by atoms with Crippen molar-refractivity contribution in [2.75, 3.05) is 6.26 Å². The van der Waals surface area contributed by atoms with Crippen LogP contribution in [0.3, 0.4) is 0 Å². The molecule has 1 aliphatic carbocycles. The van der Waals surface area contributed by atoms with Crippen LogP contribution in [-0.2, 0) is 20.2 Å². The molecule has 1 fully saturated rings. The van der Waals surface area contributed by atoms with Gasteiger partial charge in [-0.05, 0) is 68.1 Å². The number of halogens is 1. The fourth-order valence-electron chi connectivity index (χ4n) is 4.08. The number of rotatable bonds is 6. The lowest BCUT2D eigenvalue weighted by Gasteiger charge is -2.16. The van der Waals surface area contributed by atoms with Crippen LogP contribution >= 0.6 is 0 Å². The van der Waals surface area contributed by atoms with Gasteiger partial charge in [-0.1, -0.05) is 69.4 Å². The SMILES string of the molecule is CC(C)(O)c1ccc(-c2ccc(S(C)(=O)=O)cc2)cn1.CC1CCCCC1.C[C@@H](NC=O)c1ccc(F)cc1. The van der Waals surface area contributed by atoms with E-state index in [4.69, 9.17) is 0 Å². The highest BCUT2D eigenvalue weighted by molar-refractivity contribution is 7.90. The minimum Gasteiger partial charge on any atom is -0.384 e. The fourth-order valence-corrected chi connectivity index (χ4v) is 4.71. The van der Waals surface area contributed by atoms with Crippen molar-refractivity contribution in [1.29, 1.82) is 0 Å². The van der Waals surface area contributed by atoms with Gasteiger partial charge >= 0.3 is 0 Å². The summed E-state index contributed by atoms with van der Waals surface area (Å²) in [5.41, 5.74) is 2.27. The molecule has 1 atom stereocenters. The number of pyridine rings is 1. The second-order valence-corrected chi connectivity index (χ2v) is 12.6. The number of sulfone groups is 1. The van der Waals surface area contributed by atoms with Crippen LogP contribution in [0.2, 0.25) is 0 Å². The predicted octanol–water partition coefficient (Wildman–Crippen LogP) is 6.60. The Bertz CT molecular complexity index is 1250. The van der Waals surface area contributed by atoms with Gasteiger partial charge in [0.2, 0.25) is 6.41 Å². The third-order valence-electron chi connectivity index (χ3n) is 6.59. The van der Waals surface area contributed by atoms with Gasteiger partial charge < -0.3 is 10.4 Å². The van der Waals surface area contributed by atoms with E-state index in [2.05, 4.69) is 17.2 Å². The van der Waals surface area contributed by atoms with Crippen LogP contribution < -0.4 is 5.32 Å². The van der Waals surface area contributed by atoms with E-state index in [1.165, 1.54) is 50.5 Å². The Morgan fingerprint density at radius 1 is 0.974 bits per heavy atom. The molecule has 212 valence electrons. The molecule has 1 amide bonds. The van der Waals surface area contributed by atoms with Crippen LogP contribution in [0.25, 0.3) is 11.1 Å². The molecule has 1 aromatic heterocycles. The van der Waals surface area contributed by atoms with Gasteiger partial charge in [0.1, 0.15) is 11.4 Å². The van der Waals surface area contributed by atoms with Gasteiger partial charge in [-0.25, -0.2) is 12.8 Å². The molecule has 2 N–H and O–H groups in total. The number of carbonyl (C=O) groups is 1. The second-order valence-electron chi connectivity index (χ2n) is 10.6. The average Bonchev–Trinajstić information content (AvgIpc) is 2.90. The van der Waals surface area contributed by atoms with Gasteiger partial charge in [0.25, 0.3) is 0 Å². The number of carbonyl (C=O) groups excluding carboxylic acids is 1. The van der Waals surface area contributed by atoms with Gasteiger partial charge in [0.15, 0.2) is 9.84 Å². The number of hydrogen-bond acceptors (Lipinski definition) is 5. The number of hydrogen-bond donors (Lipinski definition) is 2. The highest BCUT2D eigenvalue weighted by Gasteiger charge is 2.17. The Morgan fingerprint density at radius 3 is 1.95 bits per heavy atom. The van der Waals surface area contributed by atoms with Gasteiger partial charge in [-0.2, -0.15) is 0 Å². The maximum Gasteiger partial charge on any atom is 0.207 e. The summed E-state index contributed by atoms with van der Waals surface area (Å²) >= 11 is 0. The van der Waals surface area contributed by atoms with Crippen molar-refractivity contribution in [2.45, 2.75) is 76.3 Å². The van der Waals surface area contributed by atoms with E-state index in [9.17, 15) is 22.7 Å². The molecule has 0 unspecified atom stereocenters. The lowest BCUT2D eigenvalue weighted by molar-refractivity contribution is -0.110. The van der Waals surface area contributed by atoms with E-state index < -0.39 is 15.4 Å². The quantitative estimate of drug-likeness (QED) is 0.334. The number of benzene rings is 2. The van der Waals surface area contributed by atoms with E-state index in [0.717, 1.165) is 22.6 Å². The smallest absolute Gasteiger partial charge is 0.207 e. The lowest BCUT2D eigenvalue weighted by atomic mass is 9.91. The first kappa shape index (κ1) is 32.1. The van der Waals surface area contributed by atoms with Crippen LogP contribution in [-0.4, -0.2) is 31.2 Å². The van der Waals surface area contributed by atoms with Crippen molar-refractivity contribution in [3.8, 4) is 11.1 Å². The Kier molecular flexibility index (Phi) is 12.3. The molecule has 1 aliphatic rings. The molecule has 8 heteroatoms. The zero-order valence-electron chi connectivity index (χ0n) is 23.5. The summed E-state index contributed by atoms with van der Waals surface area (Å²) in [5, 5.41) is 12.4. The molecule has 0 spiro atoms. The highest BCUT2D eigenvalue weighted by atomic mass is 32.2. The molecule has 0 bridgehead atoms. The maximum atomic E-state index is 12.4. The molecular weight excluding hydrogens is 515 g/mol. The van der Waals surface area contributed by atoms with E-state index in [1.54, 1.807) is 62.5 Å². The number of nitrogens with one attached hydrogen (secondary N) is 1. The monoisotopic (exact) mass is 556 g/mol. The number of amides is 1. The molecular formula is C31H41FN2O4S. The summed E-state index contributed by atoms with van der Waals surface area (Å²) in [6, 6.07) is 16.2. The first-order chi connectivity index (χ1) is 18.3. The summed E-state index contributed by atoms with van der Waals surface area (Å²) in [5.74, 6) is 0.769. The lowest BCUT2D eigenvalue weighted by Crippen LogP contribution is -2.17. The van der Waals surface area contributed by atoms with E-state index in [0.29, 0.717) is 17.0 Å². The second kappa shape index (κ2) is 14.9. The minimum absolute atomic E-state index is 0.0666. The van der Waals surface area contributed by atoms with Crippen molar-refractivity contribution in [3.63, 3.8) is 0 Å². The highest BCUT2D eigenvalue weighted by Crippen LogP contribution is 2.24. The Hall–Kier alpha value is -3.10. The third kappa shape index (κ3) is 11.3. The zero-order valence-corrected chi connectivity index (χ0v) is 24.3. The first-order valence-electron chi connectivity index (χ1n) is 13.3. The van der Waals surface area contributed by atoms with Gasteiger partial charge in [-0.3, -0.25) is 9.78 Å². The predicted molar refractivity (Wildman–Crippen MR) is 154 cm³/mol. The molecule has 6 nitrogen and oxygen atoms in total. The van der Waals surface area contributed by atoms with Crippen LogP contribution in [0.5, 0.6) is 0 Å². The Morgan fingerprint density at radius 2 is 1.54 bits per heavy atom. The normalized spacial score (nSPS) is 14.6. The van der Waals surface area contributed by atoms with Gasteiger partial charge in [0.05, 0.1) is 16.6 Å². The summed E-state index contributed by atoms with van der Waals surface area (Å²) in [6.07, 6.45) is 10.9. The molecule has 0 radical (unpaired) electrons. The van der Waals surface area contributed by atoms with Gasteiger partial charge in [0, 0.05) is 18.0 Å². The Balaban J connectivity index is 0.000000236. The van der Waals surface area contributed by atoms with Crippen molar-refractivity contribution in [2.24, 2.45) is 5.92 Å². The molecule has 1 heterocycles. The molecule has 0 aliphatic heterocycles. The van der Waals surface area contributed by atoms with Crippen LogP contribution in [0.15, 0.2) is 71.8 Å². The van der Waals surface area contributed by atoms with Crippen LogP contribution in [0, 0.1) is 11.7 Å². The largest absolute Gasteiger partial charge is 0.384 e. The first-order valence-corrected chi connectivity index (χ1v) is 15.1. The number of nitrogens with zero attached hydrogens (tertiary/aromatic N) is 1. The van der Waals surface area contributed by atoms with E-state index in [-0.39, 0.29) is 11.9 Å². The summed E-state index contributed by atoms with van der Waals surface area (Å²) in [7, 11) is -3.18. The van der Waals surface area contributed by atoms with Crippen molar-refractivity contribution in [1.82, 2.24) is 10.3 Å². The summed E-state index contributed by atoms with van der Waals surface area (Å²) < 4.78 is 35.2. The fraction of sp³-hybridized carbons (Fsp3) is 0.419. The molecule has 4 rings (SSSR count). The molecule has 39 heavy (non-hydrogen) atoms. The van der Waals surface area contributed by atoms with Gasteiger partial charge in [-0.15, -0.1) is 0 Å². The van der Waals surface area contributed by atoms with Crippen molar-refractivity contribution in [3.05, 3.63) is 83.9 Å². The topological polar surface area (TPSA) is 96.4 Å². The maximum absolute atomic E-state index is 12.4. The summed E-state index contributed by atoms with van der Waals surface area (Å²) in [4.78, 5) is 14.6. The molecule has 2 aromatic carbocycles. The molecule has 3 aromatic rings. The number of aromatic nitrogens is 1. The van der Waals surface area contributed by atoms with E-state index in [1.807, 2.05) is 13.0 Å². The van der Waals surface area contributed by atoms with E-state index >= 15 is 0 Å². The molecule has 0 saturated heterocycles. The average molecular weight is 557 g/mol. The van der Waals surface area contributed by atoms with Crippen LogP contribution in [0.4, 0.5) is 4.39 Å². The summed E-state index contributed by atoms with van der Waals surface area (Å²) in [6.45, 7) is 7.55. The molecule has 1 saturated carbocycles. The zero-order chi connectivity index (χ0) is 29.1. The standard InChI is InChI=1S/C15H17NO3S.C9H10FNO.C7H14/c1-15(2,17)14-9-6-12(10-16-14)11-4-7-13(8-5-11)20(3,18)19;1-7(11-6-12)8-2-4-9(10)5-3-8;1-7-5-3-2-4-6-7/h4-10,17H,1-3H3;2-7H,1H3,(H,11,12);7H,2-6H2,1H3/t;7-;/m.1./s1.